The minimum absolute atomic E-state index is 0.0379. The van der Waals surface area contributed by atoms with Crippen LogP contribution in [0.2, 0.25) is 0 Å². The van der Waals surface area contributed by atoms with E-state index in [0.29, 0.717) is 29.8 Å². The third-order valence-corrected chi connectivity index (χ3v) is 6.50. The molecule has 1 atom stereocenters. The second-order valence-electron chi connectivity index (χ2n) is 8.80. The van der Waals surface area contributed by atoms with Crippen molar-refractivity contribution in [3.05, 3.63) is 59.2 Å². The summed E-state index contributed by atoms with van der Waals surface area (Å²) in [7, 11) is 0. The van der Waals surface area contributed by atoms with Gasteiger partial charge in [0.1, 0.15) is 11.4 Å². The van der Waals surface area contributed by atoms with E-state index in [2.05, 4.69) is 10.9 Å². The number of ether oxygens (including phenoxy) is 1. The molecule has 0 aliphatic carbocycles. The van der Waals surface area contributed by atoms with Crippen LogP contribution in [0.1, 0.15) is 47.7 Å². The van der Waals surface area contributed by atoms with Crippen LogP contribution in [0, 0.1) is 13.8 Å². The molecule has 2 aliphatic heterocycles. The van der Waals surface area contributed by atoms with Gasteiger partial charge < -0.3 is 9.64 Å². The fraction of sp³-hybridized carbons (Fsp3) is 0.360. The molecule has 2 aromatic rings. The number of nitrogens with zero attached hydrogens (tertiary/aromatic N) is 2. The van der Waals surface area contributed by atoms with E-state index in [1.54, 1.807) is 40.1 Å². The molecule has 34 heavy (non-hydrogen) atoms. The summed E-state index contributed by atoms with van der Waals surface area (Å²) in [4.78, 5) is 53.4. The molecule has 0 bridgehead atoms. The van der Waals surface area contributed by atoms with Gasteiger partial charge in [-0.25, -0.2) is 0 Å². The number of nitrogens with one attached hydrogen (secondary N) is 2. The summed E-state index contributed by atoms with van der Waals surface area (Å²) in [6.07, 6.45) is 0.779. The van der Waals surface area contributed by atoms with Crippen LogP contribution in [0.15, 0.2) is 42.5 Å². The van der Waals surface area contributed by atoms with Gasteiger partial charge in [0.25, 0.3) is 11.8 Å². The lowest BCUT2D eigenvalue weighted by Crippen LogP contribution is -2.62. The smallest absolute Gasteiger partial charge is 0.276 e. The SMILES string of the molecule is Cc1ccc(OCC(=O)NNC(=O)CCN2C(=O)c3ccccc3N3C(=O)CCC23C)cc1C. The van der Waals surface area contributed by atoms with Gasteiger partial charge in [0.05, 0.1) is 11.3 Å². The lowest BCUT2D eigenvalue weighted by atomic mass is 9.98. The molecular formula is C25H28N4O5. The summed E-state index contributed by atoms with van der Waals surface area (Å²) >= 11 is 0. The van der Waals surface area contributed by atoms with Crippen LogP contribution in [0.3, 0.4) is 0 Å². The number of carbonyl (C=O) groups is 4. The Labute approximate surface area is 198 Å². The van der Waals surface area contributed by atoms with Crippen LogP contribution < -0.4 is 20.5 Å². The zero-order chi connectivity index (χ0) is 24.5. The van der Waals surface area contributed by atoms with E-state index < -0.39 is 17.5 Å². The molecule has 4 rings (SSSR count). The number of hydrogen-bond donors (Lipinski definition) is 2. The molecule has 178 valence electrons. The highest BCUT2D eigenvalue weighted by atomic mass is 16.5. The zero-order valence-corrected chi connectivity index (χ0v) is 19.5. The minimum atomic E-state index is -0.827. The fourth-order valence-corrected chi connectivity index (χ4v) is 4.45. The van der Waals surface area contributed by atoms with Gasteiger partial charge in [-0.05, 0) is 62.6 Å². The lowest BCUT2D eigenvalue weighted by molar-refractivity contribution is -0.130. The third-order valence-electron chi connectivity index (χ3n) is 6.50. The highest BCUT2D eigenvalue weighted by Gasteiger charge is 2.52. The number of rotatable bonds is 6. The quantitative estimate of drug-likeness (QED) is 0.638. The van der Waals surface area contributed by atoms with Crippen molar-refractivity contribution in [3.8, 4) is 5.75 Å². The predicted molar refractivity (Wildman–Crippen MR) is 125 cm³/mol. The van der Waals surface area contributed by atoms with Gasteiger partial charge in [-0.15, -0.1) is 0 Å². The van der Waals surface area contributed by atoms with Crippen LogP contribution in [-0.2, 0) is 14.4 Å². The van der Waals surface area contributed by atoms with Crippen molar-refractivity contribution in [1.82, 2.24) is 15.8 Å². The minimum Gasteiger partial charge on any atom is -0.484 e. The lowest BCUT2D eigenvalue weighted by Gasteiger charge is -2.48. The summed E-state index contributed by atoms with van der Waals surface area (Å²) in [5.74, 6) is -0.660. The normalized spacial score (nSPS) is 18.9. The number of carbonyl (C=O) groups excluding carboxylic acids is 4. The molecule has 2 aromatic carbocycles. The maximum atomic E-state index is 13.2. The number of benzene rings is 2. The summed E-state index contributed by atoms with van der Waals surface area (Å²) in [5, 5.41) is 0. The molecule has 1 saturated heterocycles. The molecule has 2 N–H and O–H groups in total. The molecule has 1 unspecified atom stereocenters. The van der Waals surface area contributed by atoms with E-state index in [-0.39, 0.29) is 31.4 Å². The van der Waals surface area contributed by atoms with E-state index in [4.69, 9.17) is 4.74 Å². The number of anilines is 1. The van der Waals surface area contributed by atoms with Crippen molar-refractivity contribution >= 4 is 29.3 Å². The Morgan fingerprint density at radius 1 is 1.03 bits per heavy atom. The summed E-state index contributed by atoms with van der Waals surface area (Å²) < 4.78 is 5.46. The molecule has 0 saturated carbocycles. The fourth-order valence-electron chi connectivity index (χ4n) is 4.45. The van der Waals surface area contributed by atoms with Crippen LogP contribution >= 0.6 is 0 Å². The summed E-state index contributed by atoms with van der Waals surface area (Å²) in [6.45, 7) is 5.64. The third kappa shape index (κ3) is 4.33. The van der Waals surface area contributed by atoms with Gasteiger partial charge in [0.15, 0.2) is 6.61 Å². The molecule has 9 nitrogen and oxygen atoms in total. The molecular weight excluding hydrogens is 436 g/mol. The Morgan fingerprint density at radius 2 is 1.76 bits per heavy atom. The first-order valence-corrected chi connectivity index (χ1v) is 11.2. The number of amides is 4. The second kappa shape index (κ2) is 9.17. The second-order valence-corrected chi connectivity index (χ2v) is 8.80. The molecule has 2 aliphatic rings. The average molecular weight is 465 g/mol. The van der Waals surface area contributed by atoms with E-state index >= 15 is 0 Å². The van der Waals surface area contributed by atoms with Gasteiger partial charge in [-0.3, -0.25) is 34.9 Å². The zero-order valence-electron chi connectivity index (χ0n) is 19.5. The van der Waals surface area contributed by atoms with E-state index in [1.807, 2.05) is 32.9 Å². The van der Waals surface area contributed by atoms with Crippen molar-refractivity contribution in [2.24, 2.45) is 0 Å². The van der Waals surface area contributed by atoms with Crippen LogP contribution in [0.4, 0.5) is 5.69 Å². The van der Waals surface area contributed by atoms with Gasteiger partial charge in [-0.2, -0.15) is 0 Å². The van der Waals surface area contributed by atoms with Gasteiger partial charge in [0.2, 0.25) is 11.8 Å². The molecule has 9 heteroatoms. The number of hydrogen-bond acceptors (Lipinski definition) is 5. The topological polar surface area (TPSA) is 108 Å². The first-order chi connectivity index (χ1) is 16.2. The standard InChI is InChI=1S/C25H28N4O5/c1-16-8-9-18(14-17(16)2)34-15-22(31)27-26-21(30)11-13-28-24(33)19-6-4-5-7-20(19)29-23(32)10-12-25(28,29)3/h4-9,14H,10-13,15H2,1-3H3,(H,26,30)(H,27,31). The molecule has 0 aromatic heterocycles. The Hall–Kier alpha value is -3.88. The first-order valence-electron chi connectivity index (χ1n) is 11.2. The summed E-state index contributed by atoms with van der Waals surface area (Å²) in [6, 6.07) is 12.5. The Morgan fingerprint density at radius 3 is 2.53 bits per heavy atom. The molecule has 0 spiro atoms. The predicted octanol–water partition coefficient (Wildman–Crippen LogP) is 2.22. The van der Waals surface area contributed by atoms with E-state index in [0.717, 1.165) is 11.1 Å². The van der Waals surface area contributed by atoms with Crippen LogP contribution in [0.25, 0.3) is 0 Å². The van der Waals surface area contributed by atoms with Gasteiger partial charge >= 0.3 is 0 Å². The largest absolute Gasteiger partial charge is 0.484 e. The van der Waals surface area contributed by atoms with Gasteiger partial charge in [0, 0.05) is 19.4 Å². The number of fused-ring (bicyclic) bond motifs is 3. The average Bonchev–Trinajstić information content (AvgIpc) is 3.13. The number of aryl methyl sites for hydroxylation is 2. The van der Waals surface area contributed by atoms with Crippen molar-refractivity contribution in [2.75, 3.05) is 18.1 Å². The summed E-state index contributed by atoms with van der Waals surface area (Å²) in [5.41, 5.74) is 7.07. The van der Waals surface area contributed by atoms with Crippen molar-refractivity contribution < 1.29 is 23.9 Å². The Bertz CT molecular complexity index is 1160. The van der Waals surface area contributed by atoms with Crippen LogP contribution in [-0.4, -0.2) is 47.3 Å². The first kappa shape index (κ1) is 23.3. The number of hydrazine groups is 1. The maximum Gasteiger partial charge on any atom is 0.276 e. The molecule has 4 amide bonds. The highest BCUT2D eigenvalue weighted by Crippen LogP contribution is 2.43. The number of para-hydroxylation sites is 1. The van der Waals surface area contributed by atoms with Crippen molar-refractivity contribution in [2.45, 2.75) is 45.7 Å². The Kier molecular flexibility index (Phi) is 6.28. The monoisotopic (exact) mass is 464 g/mol. The Balaban J connectivity index is 1.32. The molecule has 2 heterocycles. The van der Waals surface area contributed by atoms with Crippen molar-refractivity contribution in [3.63, 3.8) is 0 Å². The van der Waals surface area contributed by atoms with Crippen LogP contribution in [0.5, 0.6) is 5.75 Å². The highest BCUT2D eigenvalue weighted by molar-refractivity contribution is 6.10. The molecule has 0 radical (unpaired) electrons. The van der Waals surface area contributed by atoms with Gasteiger partial charge in [-0.1, -0.05) is 18.2 Å². The van der Waals surface area contributed by atoms with E-state index in [9.17, 15) is 19.2 Å². The van der Waals surface area contributed by atoms with E-state index in [1.165, 1.54) is 0 Å². The molecule has 1 fully saturated rings. The maximum absolute atomic E-state index is 13.2. The van der Waals surface area contributed by atoms with Crippen molar-refractivity contribution in [1.29, 1.82) is 0 Å².